The van der Waals surface area contributed by atoms with Gasteiger partial charge in [0.2, 0.25) is 5.88 Å². The van der Waals surface area contributed by atoms with Gasteiger partial charge in [0.1, 0.15) is 0 Å². The molecule has 1 N–H and O–H groups in total. The van der Waals surface area contributed by atoms with Crippen LogP contribution in [-0.4, -0.2) is 31.9 Å². The third kappa shape index (κ3) is 2.85. The van der Waals surface area contributed by atoms with Gasteiger partial charge in [-0.15, -0.1) is 0 Å². The molecule has 2 rings (SSSR count). The molecule has 1 aliphatic rings. The fourth-order valence-corrected chi connectivity index (χ4v) is 1.77. The van der Waals surface area contributed by atoms with Gasteiger partial charge in [0.15, 0.2) is 0 Å². The fourth-order valence-electron chi connectivity index (χ4n) is 1.77. The van der Waals surface area contributed by atoms with Gasteiger partial charge in [-0.25, -0.2) is 4.98 Å². The first-order valence-electron chi connectivity index (χ1n) is 5.59. The number of nitrogens with one attached hydrogen (secondary N) is 1. The minimum absolute atomic E-state index is 0.403. The van der Waals surface area contributed by atoms with E-state index in [2.05, 4.69) is 10.3 Å². The lowest BCUT2D eigenvalue weighted by atomic mass is 10.2. The van der Waals surface area contributed by atoms with Gasteiger partial charge in [0.25, 0.3) is 0 Å². The Balaban J connectivity index is 1.94. The van der Waals surface area contributed by atoms with E-state index in [1.807, 2.05) is 12.1 Å². The summed E-state index contributed by atoms with van der Waals surface area (Å²) < 4.78 is 10.2. The van der Waals surface area contributed by atoms with E-state index in [1.165, 1.54) is 12.8 Å². The van der Waals surface area contributed by atoms with Crippen LogP contribution in [0.1, 0.15) is 12.8 Å². The first kappa shape index (κ1) is 11.2. The molecule has 0 amide bonds. The Bertz CT molecular complexity index is 322. The third-order valence-corrected chi connectivity index (χ3v) is 2.83. The third-order valence-electron chi connectivity index (χ3n) is 2.83. The number of nitrogens with zero attached hydrogens (tertiary/aromatic N) is 1. The van der Waals surface area contributed by atoms with Gasteiger partial charge >= 0.3 is 0 Å². The van der Waals surface area contributed by atoms with Crippen molar-refractivity contribution in [3.8, 4) is 5.88 Å². The van der Waals surface area contributed by atoms with Crippen molar-refractivity contribution < 1.29 is 9.47 Å². The molecule has 1 aliphatic carbocycles. The van der Waals surface area contributed by atoms with Crippen LogP contribution >= 0.6 is 0 Å². The molecule has 0 bridgehead atoms. The van der Waals surface area contributed by atoms with Crippen molar-refractivity contribution in [2.75, 3.05) is 26.1 Å². The summed E-state index contributed by atoms with van der Waals surface area (Å²) in [7, 11) is 3.36. The van der Waals surface area contributed by atoms with E-state index in [-0.39, 0.29) is 0 Å². The second kappa shape index (κ2) is 5.16. The van der Waals surface area contributed by atoms with Crippen molar-refractivity contribution >= 4 is 5.69 Å². The SMILES string of the molecule is COC[C@H](Nc1ccc(OC)nc1)C1CC1. The number of methoxy groups -OCH3 is 2. The Kier molecular flexibility index (Phi) is 3.62. The molecule has 4 nitrogen and oxygen atoms in total. The van der Waals surface area contributed by atoms with Crippen LogP contribution in [0.2, 0.25) is 0 Å². The summed E-state index contributed by atoms with van der Waals surface area (Å²) in [6, 6.07) is 4.25. The van der Waals surface area contributed by atoms with Gasteiger partial charge in [-0.2, -0.15) is 0 Å². The van der Waals surface area contributed by atoms with E-state index in [9.17, 15) is 0 Å². The second-order valence-corrected chi connectivity index (χ2v) is 4.13. The summed E-state index contributed by atoms with van der Waals surface area (Å²) >= 11 is 0. The van der Waals surface area contributed by atoms with Gasteiger partial charge in [-0.1, -0.05) is 0 Å². The van der Waals surface area contributed by atoms with Gasteiger partial charge in [-0.05, 0) is 24.8 Å². The molecule has 1 heterocycles. The molecule has 16 heavy (non-hydrogen) atoms. The predicted octanol–water partition coefficient (Wildman–Crippen LogP) is 1.93. The highest BCUT2D eigenvalue weighted by Crippen LogP contribution is 2.34. The second-order valence-electron chi connectivity index (χ2n) is 4.13. The van der Waals surface area contributed by atoms with Crippen molar-refractivity contribution in [2.45, 2.75) is 18.9 Å². The zero-order valence-corrected chi connectivity index (χ0v) is 9.77. The number of pyridine rings is 1. The van der Waals surface area contributed by atoms with E-state index in [4.69, 9.17) is 9.47 Å². The van der Waals surface area contributed by atoms with Crippen molar-refractivity contribution in [3.63, 3.8) is 0 Å². The number of anilines is 1. The van der Waals surface area contributed by atoms with Crippen LogP contribution in [-0.2, 0) is 4.74 Å². The number of rotatable bonds is 6. The molecule has 88 valence electrons. The number of ether oxygens (including phenoxy) is 2. The van der Waals surface area contributed by atoms with Gasteiger partial charge in [-0.3, -0.25) is 0 Å². The highest BCUT2D eigenvalue weighted by molar-refractivity contribution is 5.43. The topological polar surface area (TPSA) is 43.4 Å². The Morgan fingerprint density at radius 3 is 2.75 bits per heavy atom. The summed E-state index contributed by atoms with van der Waals surface area (Å²) in [6.45, 7) is 0.747. The zero-order chi connectivity index (χ0) is 11.4. The minimum atomic E-state index is 0.403. The predicted molar refractivity (Wildman–Crippen MR) is 62.8 cm³/mol. The standard InChI is InChI=1S/C12H18N2O2/c1-15-8-11(9-3-4-9)14-10-5-6-12(16-2)13-7-10/h5-7,9,11,14H,3-4,8H2,1-2H3/t11-/m0/s1. The van der Waals surface area contributed by atoms with E-state index in [0.717, 1.165) is 18.2 Å². The van der Waals surface area contributed by atoms with Crippen LogP contribution in [0.4, 0.5) is 5.69 Å². The lowest BCUT2D eigenvalue weighted by Gasteiger charge is -2.18. The molecule has 0 aromatic carbocycles. The average molecular weight is 222 g/mol. The lowest BCUT2D eigenvalue weighted by Crippen LogP contribution is -2.27. The number of aromatic nitrogens is 1. The Labute approximate surface area is 96.0 Å². The normalized spacial score (nSPS) is 16.9. The molecule has 1 fully saturated rings. The van der Waals surface area contributed by atoms with E-state index in [1.54, 1.807) is 20.4 Å². The summed E-state index contributed by atoms with van der Waals surface area (Å²) in [5.41, 5.74) is 1.02. The minimum Gasteiger partial charge on any atom is -0.481 e. The molecule has 1 saturated carbocycles. The lowest BCUT2D eigenvalue weighted by molar-refractivity contribution is 0.179. The summed E-state index contributed by atoms with van der Waals surface area (Å²) in [5, 5.41) is 3.45. The van der Waals surface area contributed by atoms with Crippen LogP contribution < -0.4 is 10.1 Å². The van der Waals surface area contributed by atoms with Crippen LogP contribution in [0.3, 0.4) is 0 Å². The molecule has 4 heteroatoms. The summed E-state index contributed by atoms with van der Waals surface area (Å²) in [6.07, 6.45) is 4.39. The van der Waals surface area contributed by atoms with Crippen molar-refractivity contribution in [1.82, 2.24) is 4.98 Å². The van der Waals surface area contributed by atoms with Crippen LogP contribution in [0, 0.1) is 5.92 Å². The van der Waals surface area contributed by atoms with E-state index < -0.39 is 0 Å². The molecule has 0 aliphatic heterocycles. The van der Waals surface area contributed by atoms with Crippen molar-refractivity contribution in [1.29, 1.82) is 0 Å². The van der Waals surface area contributed by atoms with Crippen LogP contribution in [0.15, 0.2) is 18.3 Å². The molecule has 1 aromatic rings. The maximum absolute atomic E-state index is 5.21. The number of hydrogen-bond acceptors (Lipinski definition) is 4. The molecule has 0 radical (unpaired) electrons. The van der Waals surface area contributed by atoms with Crippen molar-refractivity contribution in [3.05, 3.63) is 18.3 Å². The highest BCUT2D eigenvalue weighted by Gasteiger charge is 2.31. The zero-order valence-electron chi connectivity index (χ0n) is 9.77. The Hall–Kier alpha value is -1.29. The molecule has 0 saturated heterocycles. The first-order valence-corrected chi connectivity index (χ1v) is 5.59. The Morgan fingerprint density at radius 2 is 2.25 bits per heavy atom. The Morgan fingerprint density at radius 1 is 1.44 bits per heavy atom. The molecule has 1 atom stereocenters. The maximum Gasteiger partial charge on any atom is 0.213 e. The molecule has 1 aromatic heterocycles. The fraction of sp³-hybridized carbons (Fsp3) is 0.583. The largest absolute Gasteiger partial charge is 0.481 e. The summed E-state index contributed by atoms with van der Waals surface area (Å²) in [4.78, 5) is 4.16. The quantitative estimate of drug-likeness (QED) is 0.798. The first-order chi connectivity index (χ1) is 7.83. The highest BCUT2D eigenvalue weighted by atomic mass is 16.5. The molecule has 0 unspecified atom stereocenters. The smallest absolute Gasteiger partial charge is 0.213 e. The molecular weight excluding hydrogens is 204 g/mol. The maximum atomic E-state index is 5.21. The van der Waals surface area contributed by atoms with Crippen LogP contribution in [0.5, 0.6) is 5.88 Å². The number of hydrogen-bond donors (Lipinski definition) is 1. The van der Waals surface area contributed by atoms with Crippen LogP contribution in [0.25, 0.3) is 0 Å². The van der Waals surface area contributed by atoms with E-state index in [0.29, 0.717) is 11.9 Å². The molecular formula is C12H18N2O2. The van der Waals surface area contributed by atoms with Gasteiger partial charge in [0, 0.05) is 13.2 Å². The molecule has 0 spiro atoms. The summed E-state index contributed by atoms with van der Waals surface area (Å²) in [5.74, 6) is 1.39. The van der Waals surface area contributed by atoms with Crippen molar-refractivity contribution in [2.24, 2.45) is 5.92 Å². The van der Waals surface area contributed by atoms with E-state index >= 15 is 0 Å². The van der Waals surface area contributed by atoms with Gasteiger partial charge in [0.05, 0.1) is 31.6 Å². The van der Waals surface area contributed by atoms with Gasteiger partial charge < -0.3 is 14.8 Å². The average Bonchev–Trinajstić information content (AvgIpc) is 3.13. The monoisotopic (exact) mass is 222 g/mol.